The van der Waals surface area contributed by atoms with Crippen molar-refractivity contribution >= 4 is 11.8 Å². The van der Waals surface area contributed by atoms with Crippen molar-refractivity contribution in [2.24, 2.45) is 10.2 Å². The third-order valence-corrected chi connectivity index (χ3v) is 6.57. The topological polar surface area (TPSA) is 95.0 Å². The second-order valence-electron chi connectivity index (χ2n) is 11.3. The average Bonchev–Trinajstić information content (AvgIpc) is 3.16. The van der Waals surface area contributed by atoms with Crippen LogP contribution >= 0.6 is 0 Å². The summed E-state index contributed by atoms with van der Waals surface area (Å²) >= 11 is 0. The molecule has 7 heteroatoms. The normalized spacial score (nSPS) is 17.2. The van der Waals surface area contributed by atoms with E-state index in [1.54, 1.807) is 24.3 Å². The highest BCUT2D eigenvalue weighted by Gasteiger charge is 2.44. The molecule has 2 amide bonds. The van der Waals surface area contributed by atoms with Crippen LogP contribution in [0.3, 0.4) is 0 Å². The van der Waals surface area contributed by atoms with Crippen LogP contribution in [0, 0.1) is 0 Å². The molecule has 0 unspecified atom stereocenters. The van der Waals surface area contributed by atoms with E-state index in [9.17, 15) is 9.59 Å². The zero-order valence-electron chi connectivity index (χ0n) is 21.5. The van der Waals surface area contributed by atoms with Crippen LogP contribution in [0.15, 0.2) is 70.0 Å². The quantitative estimate of drug-likeness (QED) is 0.556. The monoisotopic (exact) mass is 473 g/mol. The van der Waals surface area contributed by atoms with Crippen LogP contribution in [0.25, 0.3) is 0 Å². The molecule has 0 bridgehead atoms. The van der Waals surface area contributed by atoms with Gasteiger partial charge in [-0.3, -0.25) is 9.59 Å². The highest BCUT2D eigenvalue weighted by atomic mass is 16.2. The number of carbonyl (C=O) groups excluding carboxylic acids is 2. The van der Waals surface area contributed by atoms with E-state index in [-0.39, 0.29) is 22.6 Å². The van der Waals surface area contributed by atoms with Gasteiger partial charge in [-0.1, -0.05) is 65.8 Å². The fraction of sp³-hybridized carbons (Fsp3) is 0.429. The van der Waals surface area contributed by atoms with Crippen molar-refractivity contribution in [1.82, 2.24) is 16.0 Å². The molecule has 0 aliphatic carbocycles. The van der Waals surface area contributed by atoms with Crippen LogP contribution in [0.2, 0.25) is 0 Å². The number of carbonyl (C=O) groups is 2. The van der Waals surface area contributed by atoms with Gasteiger partial charge in [0.15, 0.2) is 0 Å². The van der Waals surface area contributed by atoms with Crippen LogP contribution in [0.1, 0.15) is 79.8 Å². The lowest BCUT2D eigenvalue weighted by molar-refractivity contribution is 0.0835. The molecule has 0 saturated carbocycles. The van der Waals surface area contributed by atoms with E-state index in [4.69, 9.17) is 0 Å². The number of hydrogen-bond donors (Lipinski definition) is 3. The van der Waals surface area contributed by atoms with Crippen LogP contribution in [-0.4, -0.2) is 30.7 Å². The molecule has 2 aromatic rings. The van der Waals surface area contributed by atoms with E-state index in [1.807, 2.05) is 24.3 Å². The van der Waals surface area contributed by atoms with E-state index in [0.717, 1.165) is 28.9 Å². The number of benzene rings is 2. The molecule has 7 nitrogen and oxygen atoms in total. The Kier molecular flexibility index (Phi) is 6.40. The second kappa shape index (κ2) is 9.04. The number of nitrogens with zero attached hydrogens (tertiary/aromatic N) is 2. The fourth-order valence-electron chi connectivity index (χ4n) is 4.30. The number of rotatable bonds is 4. The molecule has 2 aliphatic rings. The summed E-state index contributed by atoms with van der Waals surface area (Å²) in [4.78, 5) is 26.6. The van der Waals surface area contributed by atoms with Crippen molar-refractivity contribution < 1.29 is 9.59 Å². The molecule has 2 heterocycles. The predicted octanol–water partition coefficient (Wildman–Crippen LogP) is 4.81. The first kappa shape index (κ1) is 24.8. The molecule has 0 radical (unpaired) electrons. The summed E-state index contributed by atoms with van der Waals surface area (Å²) in [7, 11) is 0. The summed E-state index contributed by atoms with van der Waals surface area (Å²) < 4.78 is 0. The minimum Gasteiger partial charge on any atom is -0.311 e. The lowest BCUT2D eigenvalue weighted by Crippen LogP contribution is -2.60. The lowest BCUT2D eigenvalue weighted by Gasteiger charge is -2.32. The third-order valence-electron chi connectivity index (χ3n) is 6.57. The molecule has 0 fully saturated rings. The van der Waals surface area contributed by atoms with Gasteiger partial charge < -0.3 is 16.0 Å². The van der Waals surface area contributed by atoms with Gasteiger partial charge >= 0.3 is 0 Å². The highest BCUT2D eigenvalue weighted by Crippen LogP contribution is 2.33. The Hall–Kier alpha value is -3.32. The minimum absolute atomic E-state index is 0.0127. The maximum atomic E-state index is 13.3. The van der Waals surface area contributed by atoms with Gasteiger partial charge in [-0.05, 0) is 59.2 Å². The highest BCUT2D eigenvalue weighted by molar-refractivity contribution is 5.98. The standard InChI is InChI=1S/C28H35N5O2/c1-26(2,3)20-11-7-18(8-12-20)24(34)30-28(22-15-16-29-17-23(22)32-33-28)31-25(35)19-9-13-21(14-10-19)27(4,5)6/h7-14,29H,15-17H2,1-6H3,(H,30,34)(H,31,35). The number of hydrogen-bond acceptors (Lipinski definition) is 5. The third kappa shape index (κ3) is 5.20. The molecule has 0 spiro atoms. The molecule has 0 aromatic heterocycles. The molecule has 184 valence electrons. The zero-order valence-corrected chi connectivity index (χ0v) is 21.5. The average molecular weight is 474 g/mol. The Bertz CT molecular complexity index is 1110. The van der Waals surface area contributed by atoms with Crippen molar-refractivity contribution in [3.8, 4) is 0 Å². The first-order chi connectivity index (χ1) is 16.4. The van der Waals surface area contributed by atoms with E-state index in [1.165, 1.54) is 0 Å². The number of nitrogens with one attached hydrogen (secondary N) is 3. The Balaban J connectivity index is 1.61. The van der Waals surface area contributed by atoms with E-state index in [2.05, 4.69) is 67.7 Å². The summed E-state index contributed by atoms with van der Waals surface area (Å²) in [5, 5.41) is 18.0. The minimum atomic E-state index is -1.41. The van der Waals surface area contributed by atoms with Gasteiger partial charge in [0.1, 0.15) is 0 Å². The molecule has 0 saturated heterocycles. The van der Waals surface area contributed by atoms with Crippen LogP contribution < -0.4 is 16.0 Å². The van der Waals surface area contributed by atoms with Gasteiger partial charge in [-0.15, -0.1) is 5.11 Å². The summed E-state index contributed by atoms with van der Waals surface area (Å²) in [5.74, 6) is -2.04. The van der Waals surface area contributed by atoms with Crippen LogP contribution in [-0.2, 0) is 10.8 Å². The molecule has 3 N–H and O–H groups in total. The summed E-state index contributed by atoms with van der Waals surface area (Å²) in [6.07, 6.45) is 0.620. The van der Waals surface area contributed by atoms with Crippen molar-refractivity contribution in [2.45, 2.75) is 64.6 Å². The Morgan fingerprint density at radius 3 is 1.69 bits per heavy atom. The van der Waals surface area contributed by atoms with E-state index < -0.39 is 5.79 Å². The Labute approximate surface area is 207 Å². The van der Waals surface area contributed by atoms with Gasteiger partial charge in [0, 0.05) is 23.2 Å². The summed E-state index contributed by atoms with van der Waals surface area (Å²) in [5.41, 5.74) is 4.82. The molecular weight excluding hydrogens is 438 g/mol. The van der Waals surface area contributed by atoms with Gasteiger partial charge in [0.2, 0.25) is 0 Å². The van der Waals surface area contributed by atoms with Crippen LogP contribution in [0.5, 0.6) is 0 Å². The van der Waals surface area contributed by atoms with Crippen molar-refractivity contribution in [1.29, 1.82) is 0 Å². The smallest absolute Gasteiger partial charge is 0.254 e. The first-order valence-electron chi connectivity index (χ1n) is 12.1. The molecule has 2 aliphatic heterocycles. The zero-order chi connectivity index (χ0) is 25.4. The number of amides is 2. The fourth-order valence-corrected chi connectivity index (χ4v) is 4.30. The maximum absolute atomic E-state index is 13.3. The van der Waals surface area contributed by atoms with Crippen molar-refractivity contribution in [3.05, 3.63) is 82.1 Å². The van der Waals surface area contributed by atoms with Gasteiger partial charge in [-0.2, -0.15) is 5.11 Å². The molecule has 35 heavy (non-hydrogen) atoms. The van der Waals surface area contributed by atoms with Gasteiger partial charge in [-0.25, -0.2) is 0 Å². The van der Waals surface area contributed by atoms with E-state index >= 15 is 0 Å². The molecule has 4 rings (SSSR count). The maximum Gasteiger partial charge on any atom is 0.254 e. The van der Waals surface area contributed by atoms with Crippen molar-refractivity contribution in [2.75, 3.05) is 13.1 Å². The van der Waals surface area contributed by atoms with Crippen LogP contribution in [0.4, 0.5) is 0 Å². The molecule has 2 aromatic carbocycles. The van der Waals surface area contributed by atoms with Gasteiger partial charge in [0.25, 0.3) is 17.6 Å². The summed E-state index contributed by atoms with van der Waals surface area (Å²) in [6, 6.07) is 15.1. The largest absolute Gasteiger partial charge is 0.311 e. The Morgan fingerprint density at radius 2 is 1.26 bits per heavy atom. The molecular formula is C28H35N5O2. The SMILES string of the molecule is CC(C)(C)c1ccc(C(=O)NC2(NC(=O)c3ccc(C(C)(C)C)cc3)N=NC3=C2CCNC3)cc1. The van der Waals surface area contributed by atoms with E-state index in [0.29, 0.717) is 24.1 Å². The van der Waals surface area contributed by atoms with Crippen molar-refractivity contribution in [3.63, 3.8) is 0 Å². The summed E-state index contributed by atoms with van der Waals surface area (Å²) in [6.45, 7) is 14.0. The second-order valence-corrected chi connectivity index (χ2v) is 11.3. The predicted molar refractivity (Wildman–Crippen MR) is 137 cm³/mol. The number of azo groups is 1. The Morgan fingerprint density at radius 1 is 0.800 bits per heavy atom. The first-order valence-corrected chi connectivity index (χ1v) is 12.1. The molecule has 0 atom stereocenters. The lowest BCUT2D eigenvalue weighted by atomic mass is 9.86. The van der Waals surface area contributed by atoms with Gasteiger partial charge in [0.05, 0.1) is 5.70 Å².